The Morgan fingerprint density at radius 1 is 0.964 bits per heavy atom. The van der Waals surface area contributed by atoms with Crippen LogP contribution in [0.5, 0.6) is 0 Å². The SMILES string of the molecule is C=C(C)C(=O)OC(CC(F)(F)C(F)(F)C(F)(C(F)(F)F)C(F)(F)F)C(O)OC. The molecule has 0 saturated carbocycles. The lowest BCUT2D eigenvalue weighted by molar-refractivity contribution is -0.428. The first-order chi connectivity index (χ1) is 12.2. The molecule has 0 saturated heterocycles. The first kappa shape index (κ1) is 26.4. The van der Waals surface area contributed by atoms with E-state index in [4.69, 9.17) is 0 Å². The van der Waals surface area contributed by atoms with Gasteiger partial charge in [0.05, 0.1) is 6.42 Å². The molecule has 15 heteroatoms. The molecule has 166 valence electrons. The van der Waals surface area contributed by atoms with E-state index in [-0.39, 0.29) is 0 Å². The molecule has 2 atom stereocenters. The fraction of sp³-hybridized carbons (Fsp3) is 0.769. The largest absolute Gasteiger partial charge is 0.453 e. The van der Waals surface area contributed by atoms with Crippen LogP contribution in [0.25, 0.3) is 0 Å². The summed E-state index contributed by atoms with van der Waals surface area (Å²) in [5, 5.41) is 9.25. The zero-order valence-corrected chi connectivity index (χ0v) is 13.9. The fourth-order valence-electron chi connectivity index (χ4n) is 1.74. The molecule has 0 bridgehead atoms. The average Bonchev–Trinajstić information content (AvgIpc) is 2.49. The van der Waals surface area contributed by atoms with Crippen molar-refractivity contribution in [3.8, 4) is 0 Å². The molecule has 0 aromatic carbocycles. The van der Waals surface area contributed by atoms with Gasteiger partial charge in [-0.25, -0.2) is 9.18 Å². The van der Waals surface area contributed by atoms with Crippen molar-refractivity contribution in [1.82, 2.24) is 0 Å². The number of esters is 1. The van der Waals surface area contributed by atoms with Gasteiger partial charge in [0, 0.05) is 12.7 Å². The third-order valence-electron chi connectivity index (χ3n) is 3.30. The van der Waals surface area contributed by atoms with Crippen molar-refractivity contribution in [2.24, 2.45) is 0 Å². The number of alkyl halides is 11. The van der Waals surface area contributed by atoms with Gasteiger partial charge in [-0.15, -0.1) is 0 Å². The lowest BCUT2D eigenvalue weighted by atomic mass is 9.88. The van der Waals surface area contributed by atoms with Gasteiger partial charge in [0.15, 0.2) is 12.4 Å². The minimum atomic E-state index is -7.66. The van der Waals surface area contributed by atoms with Crippen LogP contribution in [0.2, 0.25) is 0 Å². The molecule has 0 fully saturated rings. The second-order valence-corrected chi connectivity index (χ2v) is 5.49. The van der Waals surface area contributed by atoms with Gasteiger partial charge in [0.2, 0.25) is 0 Å². The highest BCUT2D eigenvalue weighted by atomic mass is 19.4. The summed E-state index contributed by atoms with van der Waals surface area (Å²) < 4.78 is 151. The van der Waals surface area contributed by atoms with Crippen LogP contribution >= 0.6 is 0 Å². The summed E-state index contributed by atoms with van der Waals surface area (Å²) in [6.07, 6.45) is -23.4. The zero-order valence-electron chi connectivity index (χ0n) is 13.9. The molecule has 0 heterocycles. The molecular weight excluding hydrogens is 429 g/mol. The Morgan fingerprint density at radius 2 is 1.36 bits per heavy atom. The molecule has 0 radical (unpaired) electrons. The Kier molecular flexibility index (Phi) is 7.54. The molecule has 0 aliphatic rings. The summed E-state index contributed by atoms with van der Waals surface area (Å²) in [5.74, 6) is -15.5. The van der Waals surface area contributed by atoms with Gasteiger partial charge in [0.25, 0.3) is 0 Å². The van der Waals surface area contributed by atoms with E-state index in [9.17, 15) is 58.2 Å². The molecule has 0 aliphatic carbocycles. The van der Waals surface area contributed by atoms with Gasteiger partial charge in [-0.1, -0.05) is 6.58 Å². The Balaban J connectivity index is 6.21. The standard InChI is InChI=1S/C13H13F11O4/c1-5(2)7(25)28-6(8(26)27-3)4-9(14,15)11(17,18)10(16,12(19,20)21)13(22,23)24/h6,8,26H,1,4H2,2-3H3. The normalized spacial score (nSPS) is 16.5. The number of hydrogen-bond acceptors (Lipinski definition) is 4. The third-order valence-corrected chi connectivity index (χ3v) is 3.30. The number of halogens is 11. The maximum Gasteiger partial charge on any atom is 0.438 e. The monoisotopic (exact) mass is 442 g/mol. The van der Waals surface area contributed by atoms with Crippen LogP contribution in [0.3, 0.4) is 0 Å². The van der Waals surface area contributed by atoms with Crippen molar-refractivity contribution in [3.05, 3.63) is 12.2 Å². The topological polar surface area (TPSA) is 55.8 Å². The van der Waals surface area contributed by atoms with Crippen LogP contribution in [0.15, 0.2) is 12.2 Å². The fourth-order valence-corrected chi connectivity index (χ4v) is 1.74. The number of rotatable bonds is 8. The predicted molar refractivity (Wildman–Crippen MR) is 68.2 cm³/mol. The highest BCUT2D eigenvalue weighted by Gasteiger charge is 2.90. The highest BCUT2D eigenvalue weighted by molar-refractivity contribution is 5.87. The molecule has 0 spiro atoms. The first-order valence-corrected chi connectivity index (χ1v) is 6.82. The number of ether oxygens (including phenoxy) is 2. The molecule has 0 aromatic heterocycles. The lowest BCUT2D eigenvalue weighted by Crippen LogP contribution is -2.70. The minimum Gasteiger partial charge on any atom is -0.453 e. The summed E-state index contributed by atoms with van der Waals surface area (Å²) in [4.78, 5) is 11.3. The maximum absolute atomic E-state index is 13.8. The van der Waals surface area contributed by atoms with Gasteiger partial charge >= 0.3 is 35.8 Å². The van der Waals surface area contributed by atoms with E-state index in [0.29, 0.717) is 7.11 Å². The van der Waals surface area contributed by atoms with Crippen molar-refractivity contribution >= 4 is 5.97 Å². The molecule has 28 heavy (non-hydrogen) atoms. The summed E-state index contributed by atoms with van der Waals surface area (Å²) in [7, 11) is 0.549. The van der Waals surface area contributed by atoms with Crippen molar-refractivity contribution in [1.29, 1.82) is 0 Å². The van der Waals surface area contributed by atoms with Gasteiger partial charge in [-0.05, 0) is 6.92 Å². The van der Waals surface area contributed by atoms with Gasteiger partial charge < -0.3 is 14.6 Å². The van der Waals surface area contributed by atoms with Crippen molar-refractivity contribution in [2.45, 2.75) is 55.6 Å². The van der Waals surface area contributed by atoms with E-state index >= 15 is 0 Å². The second-order valence-electron chi connectivity index (χ2n) is 5.49. The predicted octanol–water partition coefficient (Wildman–Crippen LogP) is 3.93. The van der Waals surface area contributed by atoms with Gasteiger partial charge in [-0.2, -0.15) is 43.9 Å². The lowest BCUT2D eigenvalue weighted by Gasteiger charge is -2.40. The Labute approximate surface area is 149 Å². The van der Waals surface area contributed by atoms with Crippen LogP contribution in [0.1, 0.15) is 13.3 Å². The minimum absolute atomic E-state index is 0.549. The number of hydrogen-bond donors (Lipinski definition) is 1. The zero-order chi connectivity index (χ0) is 22.9. The maximum atomic E-state index is 13.8. The Hall–Kier alpha value is -1.64. The number of methoxy groups -OCH3 is 1. The van der Waals surface area contributed by atoms with E-state index in [1.54, 1.807) is 0 Å². The van der Waals surface area contributed by atoms with E-state index in [2.05, 4.69) is 16.1 Å². The van der Waals surface area contributed by atoms with Gasteiger partial charge in [0.1, 0.15) is 0 Å². The van der Waals surface area contributed by atoms with Crippen molar-refractivity contribution in [2.75, 3.05) is 7.11 Å². The molecule has 4 nitrogen and oxygen atoms in total. The van der Waals surface area contributed by atoms with Crippen LogP contribution in [0.4, 0.5) is 48.3 Å². The smallest absolute Gasteiger partial charge is 0.438 e. The quantitative estimate of drug-likeness (QED) is 0.268. The third kappa shape index (κ3) is 4.67. The van der Waals surface area contributed by atoms with Crippen LogP contribution in [0, 0.1) is 0 Å². The van der Waals surface area contributed by atoms with Crippen LogP contribution < -0.4 is 0 Å². The molecule has 0 aromatic rings. The number of carbonyl (C=O) groups excluding carboxylic acids is 1. The van der Waals surface area contributed by atoms with E-state index < -0.39 is 60.2 Å². The number of aliphatic hydroxyl groups is 1. The summed E-state index contributed by atoms with van der Waals surface area (Å²) in [6.45, 7) is 3.86. The number of aliphatic hydroxyl groups excluding tert-OH is 1. The van der Waals surface area contributed by atoms with Crippen LogP contribution in [-0.4, -0.2) is 60.4 Å². The number of carbonyl (C=O) groups is 1. The Bertz CT molecular complexity index is 568. The Morgan fingerprint density at radius 3 is 1.64 bits per heavy atom. The summed E-state index contributed by atoms with van der Waals surface area (Å²) in [6, 6.07) is 0. The molecular formula is C13H13F11O4. The second kappa shape index (κ2) is 8.00. The molecule has 0 aliphatic heterocycles. The molecule has 0 amide bonds. The van der Waals surface area contributed by atoms with Crippen molar-refractivity contribution in [3.63, 3.8) is 0 Å². The molecule has 1 N–H and O–H groups in total. The van der Waals surface area contributed by atoms with Gasteiger partial charge in [-0.3, -0.25) is 0 Å². The van der Waals surface area contributed by atoms with Crippen molar-refractivity contribution < 1.29 is 67.7 Å². The van der Waals surface area contributed by atoms with Crippen LogP contribution in [-0.2, 0) is 14.3 Å². The average molecular weight is 442 g/mol. The first-order valence-electron chi connectivity index (χ1n) is 6.82. The van der Waals surface area contributed by atoms with E-state index in [1.807, 2.05) is 0 Å². The molecule has 0 rings (SSSR count). The summed E-state index contributed by atoms with van der Waals surface area (Å²) in [5.41, 5.74) is -8.22. The summed E-state index contributed by atoms with van der Waals surface area (Å²) >= 11 is 0. The van der Waals surface area contributed by atoms with E-state index in [1.165, 1.54) is 0 Å². The molecule has 2 unspecified atom stereocenters. The highest BCUT2D eigenvalue weighted by Crippen LogP contribution is 2.60. The van der Waals surface area contributed by atoms with E-state index in [0.717, 1.165) is 6.92 Å².